The molecule has 0 radical (unpaired) electrons. The fourth-order valence-electron chi connectivity index (χ4n) is 4.63. The minimum atomic E-state index is -0.660. The average Bonchev–Trinajstić information content (AvgIpc) is 2.84. The van der Waals surface area contributed by atoms with E-state index in [-0.39, 0.29) is 11.8 Å². The summed E-state index contributed by atoms with van der Waals surface area (Å²) in [5, 5.41) is 0. The van der Waals surface area contributed by atoms with Crippen molar-refractivity contribution in [2.75, 3.05) is 27.2 Å². The molecule has 0 saturated carbocycles. The van der Waals surface area contributed by atoms with Crippen LogP contribution < -0.4 is 0 Å². The van der Waals surface area contributed by atoms with E-state index < -0.39 is 5.41 Å². The number of carbonyl (C=O) groups excluding carboxylic acids is 2. The van der Waals surface area contributed by atoms with Crippen molar-refractivity contribution in [1.29, 1.82) is 0 Å². The lowest BCUT2D eigenvalue weighted by molar-refractivity contribution is -0.142. The van der Waals surface area contributed by atoms with Gasteiger partial charge in [-0.1, -0.05) is 30.3 Å². The number of piperidine rings is 1. The molecular weight excluding hydrogens is 400 g/mol. The fraction of sp³-hybridized carbons (Fsp3) is 0.308. The molecule has 0 bridgehead atoms. The monoisotopic (exact) mass is 428 g/mol. The van der Waals surface area contributed by atoms with Crippen LogP contribution in [0.1, 0.15) is 28.8 Å². The molecule has 1 aromatic carbocycles. The Balaban J connectivity index is 1.64. The smallest absolute Gasteiger partial charge is 0.255 e. The molecule has 0 N–H and O–H groups in total. The third-order valence-electron chi connectivity index (χ3n) is 6.10. The molecular formula is C26H28N4O2. The Morgan fingerprint density at radius 2 is 1.75 bits per heavy atom. The highest BCUT2D eigenvalue weighted by atomic mass is 16.2. The Morgan fingerprint density at radius 3 is 2.44 bits per heavy atom. The second-order valence-electron chi connectivity index (χ2n) is 8.67. The van der Waals surface area contributed by atoms with Gasteiger partial charge in [-0.05, 0) is 54.2 Å². The van der Waals surface area contributed by atoms with Crippen LogP contribution in [0.2, 0.25) is 0 Å². The van der Waals surface area contributed by atoms with Crippen molar-refractivity contribution < 1.29 is 9.59 Å². The first kappa shape index (κ1) is 21.7. The van der Waals surface area contributed by atoms with Gasteiger partial charge in [0.05, 0.1) is 11.0 Å². The maximum absolute atomic E-state index is 13.4. The van der Waals surface area contributed by atoms with Crippen LogP contribution in [-0.2, 0) is 11.2 Å². The zero-order chi connectivity index (χ0) is 22.6. The van der Waals surface area contributed by atoms with E-state index in [0.717, 1.165) is 29.5 Å². The summed E-state index contributed by atoms with van der Waals surface area (Å²) < 4.78 is 0. The van der Waals surface area contributed by atoms with Gasteiger partial charge in [0.2, 0.25) is 5.91 Å². The van der Waals surface area contributed by atoms with E-state index in [1.807, 2.05) is 29.3 Å². The number of benzene rings is 1. The number of carbonyl (C=O) groups is 2. The molecule has 0 unspecified atom stereocenters. The molecule has 2 aromatic heterocycles. The number of pyridine rings is 2. The van der Waals surface area contributed by atoms with Crippen molar-refractivity contribution in [1.82, 2.24) is 19.8 Å². The number of hydrogen-bond acceptors (Lipinski definition) is 4. The molecule has 1 fully saturated rings. The largest absolute Gasteiger partial charge is 0.348 e. The van der Waals surface area contributed by atoms with Crippen molar-refractivity contribution >= 4 is 11.8 Å². The molecule has 3 heterocycles. The first-order chi connectivity index (χ1) is 15.5. The molecule has 6 nitrogen and oxygen atoms in total. The van der Waals surface area contributed by atoms with E-state index >= 15 is 0 Å². The van der Waals surface area contributed by atoms with Gasteiger partial charge < -0.3 is 9.80 Å². The SMILES string of the molecule is CN(C)C(=O)[C@@]1(Cc2cccc(-c3cccnc3)c2)CCCN(C(=O)c2cccnc2)C1. The van der Waals surface area contributed by atoms with Crippen LogP contribution >= 0.6 is 0 Å². The van der Waals surface area contributed by atoms with Crippen molar-refractivity contribution in [2.24, 2.45) is 5.41 Å². The first-order valence-electron chi connectivity index (χ1n) is 10.9. The molecule has 32 heavy (non-hydrogen) atoms. The summed E-state index contributed by atoms with van der Waals surface area (Å²) in [6.45, 7) is 1.04. The molecule has 1 aliphatic heterocycles. The third kappa shape index (κ3) is 4.54. The predicted molar refractivity (Wildman–Crippen MR) is 124 cm³/mol. The number of nitrogens with zero attached hydrogens (tertiary/aromatic N) is 4. The summed E-state index contributed by atoms with van der Waals surface area (Å²) in [5.41, 5.74) is 3.09. The average molecular weight is 429 g/mol. The lowest BCUT2D eigenvalue weighted by Crippen LogP contribution is -2.54. The van der Waals surface area contributed by atoms with E-state index in [1.165, 1.54) is 0 Å². The number of rotatable bonds is 5. The second kappa shape index (κ2) is 9.30. The van der Waals surface area contributed by atoms with Gasteiger partial charge in [-0.3, -0.25) is 19.6 Å². The van der Waals surface area contributed by atoms with Crippen LogP contribution in [0.3, 0.4) is 0 Å². The van der Waals surface area contributed by atoms with Gasteiger partial charge in [0, 0.05) is 52.0 Å². The maximum atomic E-state index is 13.4. The number of hydrogen-bond donors (Lipinski definition) is 0. The van der Waals surface area contributed by atoms with Crippen molar-refractivity contribution in [3.05, 3.63) is 84.4 Å². The molecule has 164 valence electrons. The highest BCUT2D eigenvalue weighted by Crippen LogP contribution is 2.37. The Morgan fingerprint density at radius 1 is 1.00 bits per heavy atom. The summed E-state index contributed by atoms with van der Waals surface area (Å²) in [4.78, 5) is 38.3. The number of amides is 2. The Bertz CT molecular complexity index is 1090. The molecule has 3 aromatic rings. The number of likely N-dealkylation sites (tertiary alicyclic amines) is 1. The highest BCUT2D eigenvalue weighted by Gasteiger charge is 2.44. The van der Waals surface area contributed by atoms with Crippen molar-refractivity contribution in [3.63, 3.8) is 0 Å². The lowest BCUT2D eigenvalue weighted by Gasteiger charge is -2.43. The Hall–Kier alpha value is -3.54. The van der Waals surface area contributed by atoms with Crippen LogP contribution in [-0.4, -0.2) is 58.8 Å². The van der Waals surface area contributed by atoms with Crippen LogP contribution in [0.4, 0.5) is 0 Å². The van der Waals surface area contributed by atoms with Crippen molar-refractivity contribution in [3.8, 4) is 11.1 Å². The molecule has 0 aliphatic carbocycles. The Labute approximate surface area is 188 Å². The zero-order valence-corrected chi connectivity index (χ0v) is 18.6. The van der Waals surface area contributed by atoms with Gasteiger partial charge in [-0.25, -0.2) is 0 Å². The Kier molecular flexibility index (Phi) is 6.30. The van der Waals surface area contributed by atoms with Crippen LogP contribution in [0, 0.1) is 5.41 Å². The van der Waals surface area contributed by atoms with Crippen LogP contribution in [0.5, 0.6) is 0 Å². The van der Waals surface area contributed by atoms with Crippen LogP contribution in [0.25, 0.3) is 11.1 Å². The summed E-state index contributed by atoms with van der Waals surface area (Å²) in [7, 11) is 3.58. The van der Waals surface area contributed by atoms with Gasteiger partial charge in [0.25, 0.3) is 5.91 Å². The van der Waals surface area contributed by atoms with E-state index in [9.17, 15) is 9.59 Å². The predicted octanol–water partition coefficient (Wildman–Crippen LogP) is 3.70. The molecule has 2 amide bonds. The first-order valence-corrected chi connectivity index (χ1v) is 10.9. The third-order valence-corrected chi connectivity index (χ3v) is 6.10. The highest BCUT2D eigenvalue weighted by molar-refractivity contribution is 5.94. The fourth-order valence-corrected chi connectivity index (χ4v) is 4.63. The molecule has 1 saturated heterocycles. The zero-order valence-electron chi connectivity index (χ0n) is 18.6. The van der Waals surface area contributed by atoms with E-state index in [4.69, 9.17) is 0 Å². The topological polar surface area (TPSA) is 66.4 Å². The van der Waals surface area contributed by atoms with Gasteiger partial charge in [0.1, 0.15) is 0 Å². The van der Waals surface area contributed by atoms with E-state index in [0.29, 0.717) is 25.1 Å². The molecule has 6 heteroatoms. The summed E-state index contributed by atoms with van der Waals surface area (Å²) in [6, 6.07) is 15.8. The van der Waals surface area contributed by atoms with E-state index in [2.05, 4.69) is 28.2 Å². The molecule has 0 spiro atoms. The summed E-state index contributed by atoms with van der Waals surface area (Å²) in [6.07, 6.45) is 8.95. The van der Waals surface area contributed by atoms with Crippen LogP contribution in [0.15, 0.2) is 73.3 Å². The standard InChI is InChI=1S/C26H28N4O2/c1-29(2)25(32)26(11-6-14-30(19-26)24(31)23-10-5-13-28-18-23)16-20-7-3-8-21(15-20)22-9-4-12-27-17-22/h3-5,7-10,12-13,15,17-18H,6,11,14,16,19H2,1-2H3/t26-/m1/s1. The van der Waals surface area contributed by atoms with Gasteiger partial charge >= 0.3 is 0 Å². The minimum absolute atomic E-state index is 0.0629. The van der Waals surface area contributed by atoms with E-state index in [1.54, 1.807) is 49.7 Å². The summed E-state index contributed by atoms with van der Waals surface area (Å²) >= 11 is 0. The minimum Gasteiger partial charge on any atom is -0.348 e. The molecule has 1 aliphatic rings. The second-order valence-corrected chi connectivity index (χ2v) is 8.67. The lowest BCUT2D eigenvalue weighted by atomic mass is 9.73. The van der Waals surface area contributed by atoms with Gasteiger partial charge in [-0.15, -0.1) is 0 Å². The van der Waals surface area contributed by atoms with Crippen molar-refractivity contribution in [2.45, 2.75) is 19.3 Å². The van der Waals surface area contributed by atoms with Gasteiger partial charge in [-0.2, -0.15) is 0 Å². The number of aromatic nitrogens is 2. The molecule has 1 atom stereocenters. The van der Waals surface area contributed by atoms with Gasteiger partial charge in [0.15, 0.2) is 0 Å². The quantitative estimate of drug-likeness (QED) is 0.622. The maximum Gasteiger partial charge on any atom is 0.255 e. The normalized spacial score (nSPS) is 18.2. The summed E-state index contributed by atoms with van der Waals surface area (Å²) in [5.74, 6) is -0.00851. The molecule has 4 rings (SSSR count).